The van der Waals surface area contributed by atoms with E-state index in [0.29, 0.717) is 19.6 Å². The molecule has 0 unspecified atom stereocenters. The van der Waals surface area contributed by atoms with Gasteiger partial charge in [0.15, 0.2) is 0 Å². The van der Waals surface area contributed by atoms with Crippen molar-refractivity contribution in [1.29, 1.82) is 0 Å². The number of ether oxygens (including phenoxy) is 2. The van der Waals surface area contributed by atoms with Gasteiger partial charge in [-0.1, -0.05) is 24.3 Å². The monoisotopic (exact) mass is 345 g/mol. The van der Waals surface area contributed by atoms with Crippen molar-refractivity contribution in [2.75, 3.05) is 33.9 Å². The maximum atomic E-state index is 13.0. The van der Waals surface area contributed by atoms with E-state index in [-0.39, 0.29) is 11.8 Å². The van der Waals surface area contributed by atoms with Gasteiger partial charge in [-0.25, -0.2) is 4.39 Å². The SMILES string of the molecule is COC(=O)CCN(C)CCCOc1ccc(-c2ccc(F)cc2)cc1. The lowest BCUT2D eigenvalue weighted by Crippen LogP contribution is -2.24. The molecular weight excluding hydrogens is 321 g/mol. The van der Waals surface area contributed by atoms with Crippen LogP contribution in [0.25, 0.3) is 11.1 Å². The van der Waals surface area contributed by atoms with Gasteiger partial charge in [-0.05, 0) is 48.9 Å². The number of methoxy groups -OCH3 is 1. The smallest absolute Gasteiger partial charge is 0.306 e. The first-order valence-corrected chi connectivity index (χ1v) is 8.32. The molecule has 25 heavy (non-hydrogen) atoms. The fraction of sp³-hybridized carbons (Fsp3) is 0.350. The highest BCUT2D eigenvalue weighted by Crippen LogP contribution is 2.22. The van der Waals surface area contributed by atoms with Gasteiger partial charge in [0.1, 0.15) is 11.6 Å². The lowest BCUT2D eigenvalue weighted by molar-refractivity contribution is -0.140. The average Bonchev–Trinajstić information content (AvgIpc) is 2.64. The normalized spacial score (nSPS) is 10.7. The van der Waals surface area contributed by atoms with E-state index in [1.165, 1.54) is 19.2 Å². The van der Waals surface area contributed by atoms with Crippen LogP contribution in [0, 0.1) is 5.82 Å². The first kappa shape index (κ1) is 18.9. The summed E-state index contributed by atoms with van der Waals surface area (Å²) < 4.78 is 23.3. The molecule has 0 N–H and O–H groups in total. The number of esters is 1. The lowest BCUT2D eigenvalue weighted by atomic mass is 10.1. The summed E-state index contributed by atoms with van der Waals surface area (Å²) in [5.74, 6) is 0.382. The standard InChI is InChI=1S/C20H24FNO3/c1-22(14-12-20(23)24-2)13-3-15-25-19-10-6-17(7-11-19)16-4-8-18(21)9-5-16/h4-11H,3,12-15H2,1-2H3. The third-order valence-corrected chi connectivity index (χ3v) is 3.91. The van der Waals surface area contributed by atoms with Gasteiger partial charge in [-0.3, -0.25) is 4.79 Å². The minimum atomic E-state index is -0.236. The molecule has 0 radical (unpaired) electrons. The summed E-state index contributed by atoms with van der Waals surface area (Å²) in [5, 5.41) is 0. The van der Waals surface area contributed by atoms with E-state index in [4.69, 9.17) is 4.74 Å². The molecule has 134 valence electrons. The fourth-order valence-electron chi connectivity index (χ4n) is 2.41. The zero-order valence-electron chi connectivity index (χ0n) is 14.7. The van der Waals surface area contributed by atoms with Gasteiger partial charge in [0.05, 0.1) is 20.1 Å². The number of carbonyl (C=O) groups excluding carboxylic acids is 1. The predicted octanol–water partition coefficient (Wildman–Crippen LogP) is 3.76. The van der Waals surface area contributed by atoms with E-state index < -0.39 is 0 Å². The van der Waals surface area contributed by atoms with Gasteiger partial charge >= 0.3 is 5.97 Å². The highest BCUT2D eigenvalue weighted by Gasteiger charge is 2.04. The van der Waals surface area contributed by atoms with Crippen molar-refractivity contribution in [2.24, 2.45) is 0 Å². The molecule has 2 aromatic rings. The van der Waals surface area contributed by atoms with E-state index in [1.807, 2.05) is 31.3 Å². The van der Waals surface area contributed by atoms with Gasteiger partial charge < -0.3 is 14.4 Å². The van der Waals surface area contributed by atoms with Crippen LogP contribution in [0.3, 0.4) is 0 Å². The van der Waals surface area contributed by atoms with Crippen LogP contribution in [0.1, 0.15) is 12.8 Å². The van der Waals surface area contributed by atoms with E-state index in [2.05, 4.69) is 9.64 Å². The van der Waals surface area contributed by atoms with Gasteiger partial charge in [-0.15, -0.1) is 0 Å². The molecule has 0 heterocycles. The van der Waals surface area contributed by atoms with Crippen LogP contribution in [-0.4, -0.2) is 44.7 Å². The third kappa shape index (κ3) is 6.55. The molecular formula is C20H24FNO3. The Morgan fingerprint density at radius 1 is 1.00 bits per heavy atom. The van der Waals surface area contributed by atoms with Gasteiger partial charge in [0, 0.05) is 13.1 Å². The van der Waals surface area contributed by atoms with Crippen molar-refractivity contribution >= 4 is 5.97 Å². The van der Waals surface area contributed by atoms with Gasteiger partial charge in [0.25, 0.3) is 0 Å². The Hall–Kier alpha value is -2.40. The van der Waals surface area contributed by atoms with Crippen molar-refractivity contribution in [2.45, 2.75) is 12.8 Å². The number of nitrogens with zero attached hydrogens (tertiary/aromatic N) is 1. The zero-order valence-corrected chi connectivity index (χ0v) is 14.7. The second kappa shape index (κ2) is 9.79. The summed E-state index contributed by atoms with van der Waals surface area (Å²) in [7, 11) is 3.37. The van der Waals surface area contributed by atoms with E-state index in [9.17, 15) is 9.18 Å². The first-order valence-electron chi connectivity index (χ1n) is 8.32. The van der Waals surface area contributed by atoms with E-state index in [0.717, 1.165) is 29.8 Å². The molecule has 2 rings (SSSR count). The molecule has 5 heteroatoms. The number of halogens is 1. The minimum absolute atomic E-state index is 0.190. The second-order valence-electron chi connectivity index (χ2n) is 5.86. The lowest BCUT2D eigenvalue weighted by Gasteiger charge is -2.16. The van der Waals surface area contributed by atoms with Gasteiger partial charge in [0.2, 0.25) is 0 Å². The molecule has 0 aromatic heterocycles. The summed E-state index contributed by atoms with van der Waals surface area (Å²) in [6, 6.07) is 14.2. The molecule has 0 saturated heterocycles. The summed E-state index contributed by atoms with van der Waals surface area (Å²) in [5.41, 5.74) is 2.00. The topological polar surface area (TPSA) is 38.8 Å². The van der Waals surface area contributed by atoms with E-state index >= 15 is 0 Å². The third-order valence-electron chi connectivity index (χ3n) is 3.91. The molecule has 0 saturated carbocycles. The summed E-state index contributed by atoms with van der Waals surface area (Å²) in [6.07, 6.45) is 1.27. The quantitative estimate of drug-likeness (QED) is 0.512. The first-order chi connectivity index (χ1) is 12.1. The molecule has 4 nitrogen and oxygen atoms in total. The summed E-state index contributed by atoms with van der Waals surface area (Å²) >= 11 is 0. The Morgan fingerprint density at radius 2 is 1.60 bits per heavy atom. The van der Waals surface area contributed by atoms with E-state index in [1.54, 1.807) is 12.1 Å². The Balaban J connectivity index is 1.71. The zero-order chi connectivity index (χ0) is 18.1. The largest absolute Gasteiger partial charge is 0.494 e. The molecule has 0 aliphatic heterocycles. The maximum absolute atomic E-state index is 13.0. The van der Waals surface area contributed by atoms with Crippen LogP contribution in [0.4, 0.5) is 4.39 Å². The molecule has 0 aliphatic rings. The number of rotatable bonds is 9. The molecule has 0 aliphatic carbocycles. The van der Waals surface area contributed by atoms with Crippen molar-refractivity contribution in [1.82, 2.24) is 4.90 Å². The Labute approximate surface area is 148 Å². The minimum Gasteiger partial charge on any atom is -0.494 e. The molecule has 0 amide bonds. The van der Waals surface area contributed by atoms with Crippen molar-refractivity contribution in [3.8, 4) is 16.9 Å². The van der Waals surface area contributed by atoms with Crippen LogP contribution in [0.5, 0.6) is 5.75 Å². The number of carbonyl (C=O) groups is 1. The van der Waals surface area contributed by atoms with Crippen LogP contribution >= 0.6 is 0 Å². The number of benzene rings is 2. The predicted molar refractivity (Wildman–Crippen MR) is 96.1 cm³/mol. The van der Waals surface area contributed by atoms with Crippen molar-refractivity contribution in [3.05, 3.63) is 54.3 Å². The summed E-state index contributed by atoms with van der Waals surface area (Å²) in [4.78, 5) is 13.2. The molecule has 0 fully saturated rings. The number of hydrogen-bond acceptors (Lipinski definition) is 4. The Kier molecular flexibility index (Phi) is 7.41. The van der Waals surface area contributed by atoms with Crippen LogP contribution in [-0.2, 0) is 9.53 Å². The van der Waals surface area contributed by atoms with Crippen LogP contribution < -0.4 is 4.74 Å². The Morgan fingerprint density at radius 3 is 2.20 bits per heavy atom. The average molecular weight is 345 g/mol. The van der Waals surface area contributed by atoms with Crippen molar-refractivity contribution < 1.29 is 18.7 Å². The molecule has 0 spiro atoms. The highest BCUT2D eigenvalue weighted by atomic mass is 19.1. The summed E-state index contributed by atoms with van der Waals surface area (Å²) in [6.45, 7) is 2.14. The van der Waals surface area contributed by atoms with Gasteiger partial charge in [-0.2, -0.15) is 0 Å². The molecule has 0 atom stereocenters. The van der Waals surface area contributed by atoms with Crippen molar-refractivity contribution in [3.63, 3.8) is 0 Å². The maximum Gasteiger partial charge on any atom is 0.306 e. The number of hydrogen-bond donors (Lipinski definition) is 0. The van der Waals surface area contributed by atoms with Crippen LogP contribution in [0.15, 0.2) is 48.5 Å². The Bertz CT molecular complexity index is 656. The second-order valence-corrected chi connectivity index (χ2v) is 5.86. The molecule has 2 aromatic carbocycles. The fourth-order valence-corrected chi connectivity index (χ4v) is 2.41. The highest BCUT2D eigenvalue weighted by molar-refractivity contribution is 5.69. The van der Waals surface area contributed by atoms with Crippen LogP contribution in [0.2, 0.25) is 0 Å². The molecule has 0 bridgehead atoms.